The zero-order valence-corrected chi connectivity index (χ0v) is 22.6. The number of esters is 1. The van der Waals surface area contributed by atoms with Crippen LogP contribution in [-0.2, 0) is 10.0 Å². The molecule has 0 aliphatic carbocycles. The number of anilines is 1. The van der Waals surface area contributed by atoms with Gasteiger partial charge in [0.25, 0.3) is 27.3 Å². The van der Waals surface area contributed by atoms with Crippen molar-refractivity contribution in [3.8, 4) is 11.5 Å². The summed E-state index contributed by atoms with van der Waals surface area (Å²) in [5.74, 6) is -1.62. The summed E-state index contributed by atoms with van der Waals surface area (Å²) in [5, 5.41) is 22.3. The van der Waals surface area contributed by atoms with Gasteiger partial charge in [0.1, 0.15) is 11.5 Å². The molecule has 214 valence electrons. The third-order valence-electron chi connectivity index (χ3n) is 5.74. The molecule has 0 radical (unpaired) electrons. The topological polar surface area (TPSA) is 176 Å². The predicted molar refractivity (Wildman–Crippen MR) is 149 cm³/mol. The number of sulfonamides is 1. The van der Waals surface area contributed by atoms with Gasteiger partial charge in [0.15, 0.2) is 0 Å². The van der Waals surface area contributed by atoms with E-state index in [0.29, 0.717) is 16.7 Å². The lowest BCUT2D eigenvalue weighted by Crippen LogP contribution is -2.37. The highest BCUT2D eigenvalue weighted by Crippen LogP contribution is 2.30. The molecule has 42 heavy (non-hydrogen) atoms. The number of ether oxygens (including phenoxy) is 2. The van der Waals surface area contributed by atoms with Gasteiger partial charge in [-0.25, -0.2) is 13.2 Å². The number of carbonyl (C=O) groups excluding carboxylic acids is 2. The first kappa shape index (κ1) is 29.4. The van der Waals surface area contributed by atoms with Crippen molar-refractivity contribution in [2.24, 2.45) is 0 Å². The zero-order valence-electron chi connectivity index (χ0n) is 21.8. The maximum atomic E-state index is 13.8. The molecule has 1 amide bonds. The van der Waals surface area contributed by atoms with Crippen LogP contribution in [-0.4, -0.2) is 36.7 Å². The number of nitro groups is 2. The van der Waals surface area contributed by atoms with Crippen molar-refractivity contribution < 1.29 is 37.3 Å². The fraction of sp³-hybridized carbons (Fsp3) is 0.0714. The summed E-state index contributed by atoms with van der Waals surface area (Å²) < 4.78 is 38.6. The highest BCUT2D eigenvalue weighted by Gasteiger charge is 2.33. The molecule has 4 rings (SSSR count). The van der Waals surface area contributed by atoms with Crippen molar-refractivity contribution in [3.05, 3.63) is 128 Å². The van der Waals surface area contributed by atoms with E-state index in [4.69, 9.17) is 9.47 Å². The molecule has 0 N–H and O–H groups in total. The van der Waals surface area contributed by atoms with Gasteiger partial charge in [-0.1, -0.05) is 12.1 Å². The Hall–Kier alpha value is -5.63. The second kappa shape index (κ2) is 12.3. The molecule has 0 saturated heterocycles. The van der Waals surface area contributed by atoms with Gasteiger partial charge in [-0.05, 0) is 67.6 Å². The molecule has 0 spiro atoms. The van der Waals surface area contributed by atoms with Crippen LogP contribution in [0, 0.1) is 20.2 Å². The smallest absolute Gasteiger partial charge is 0.343 e. The molecular formula is C28H21N3O10S. The van der Waals surface area contributed by atoms with Crippen LogP contribution in [0.1, 0.15) is 27.6 Å². The Morgan fingerprint density at radius 1 is 0.762 bits per heavy atom. The third kappa shape index (κ3) is 6.39. The summed E-state index contributed by atoms with van der Waals surface area (Å²) in [7, 11) is -4.57. The second-order valence-electron chi connectivity index (χ2n) is 8.48. The highest BCUT2D eigenvalue weighted by atomic mass is 32.2. The number of hydrogen-bond donors (Lipinski definition) is 0. The van der Waals surface area contributed by atoms with E-state index in [2.05, 4.69) is 0 Å². The molecule has 14 heteroatoms. The van der Waals surface area contributed by atoms with Crippen LogP contribution in [0.25, 0.3) is 0 Å². The first-order valence-electron chi connectivity index (χ1n) is 12.1. The molecule has 0 aliphatic rings. The molecule has 0 heterocycles. The molecule has 4 aromatic rings. The second-order valence-corrected chi connectivity index (χ2v) is 10.3. The lowest BCUT2D eigenvalue weighted by Gasteiger charge is -2.23. The molecule has 0 fully saturated rings. The van der Waals surface area contributed by atoms with Crippen LogP contribution in [0.3, 0.4) is 0 Å². The quantitative estimate of drug-likeness (QED) is 0.104. The van der Waals surface area contributed by atoms with Crippen LogP contribution in [0.15, 0.2) is 102 Å². The van der Waals surface area contributed by atoms with Gasteiger partial charge in [-0.3, -0.25) is 25.0 Å². The molecule has 0 atom stereocenters. The van der Waals surface area contributed by atoms with Gasteiger partial charge in [0.2, 0.25) is 0 Å². The Kier molecular flexibility index (Phi) is 8.57. The highest BCUT2D eigenvalue weighted by molar-refractivity contribution is 7.93. The summed E-state index contributed by atoms with van der Waals surface area (Å²) >= 11 is 0. The van der Waals surface area contributed by atoms with E-state index < -0.39 is 37.4 Å². The molecule has 0 bridgehead atoms. The Morgan fingerprint density at radius 3 is 1.83 bits per heavy atom. The van der Waals surface area contributed by atoms with Gasteiger partial charge < -0.3 is 9.47 Å². The van der Waals surface area contributed by atoms with Crippen molar-refractivity contribution in [1.82, 2.24) is 0 Å². The van der Waals surface area contributed by atoms with Gasteiger partial charge in [0.05, 0.1) is 32.6 Å². The standard InChI is InChI=1S/C28H21N3O10S/c1-2-40-24-13-15-26(16-14-24)42(38,39)29(27(32)19-5-3-7-22(17-19)30(34)35)21-9-11-25(12-10-21)41-28(33)20-6-4-8-23(18-20)31(36)37/h3-18H,2H2,1H3. The Morgan fingerprint density at radius 2 is 1.29 bits per heavy atom. The van der Waals surface area contributed by atoms with Gasteiger partial charge >= 0.3 is 5.97 Å². The van der Waals surface area contributed by atoms with Crippen LogP contribution in [0.4, 0.5) is 17.1 Å². The lowest BCUT2D eigenvalue weighted by molar-refractivity contribution is -0.385. The van der Waals surface area contributed by atoms with E-state index in [9.17, 15) is 38.2 Å². The van der Waals surface area contributed by atoms with Crippen molar-refractivity contribution in [2.45, 2.75) is 11.8 Å². The summed E-state index contributed by atoms with van der Waals surface area (Å²) in [6, 6.07) is 19.7. The minimum atomic E-state index is -4.57. The summed E-state index contributed by atoms with van der Waals surface area (Å²) in [6.07, 6.45) is 0. The van der Waals surface area contributed by atoms with Crippen molar-refractivity contribution in [1.29, 1.82) is 0 Å². The summed E-state index contributed by atoms with van der Waals surface area (Å²) in [5.41, 5.74) is -1.23. The lowest BCUT2D eigenvalue weighted by atomic mass is 10.2. The number of benzene rings is 4. The SMILES string of the molecule is CCOc1ccc(S(=O)(=O)N(C(=O)c2cccc([N+](=O)[O-])c2)c2ccc(OC(=O)c3cccc([N+](=O)[O-])c3)cc2)cc1. The van der Waals surface area contributed by atoms with Crippen LogP contribution < -0.4 is 13.8 Å². The van der Waals surface area contributed by atoms with Crippen molar-refractivity contribution in [2.75, 3.05) is 10.9 Å². The maximum absolute atomic E-state index is 13.8. The first-order chi connectivity index (χ1) is 20.0. The number of amides is 1. The number of non-ortho nitro benzene ring substituents is 2. The average Bonchev–Trinajstić information content (AvgIpc) is 2.98. The Balaban J connectivity index is 1.71. The van der Waals surface area contributed by atoms with Crippen LogP contribution >= 0.6 is 0 Å². The summed E-state index contributed by atoms with van der Waals surface area (Å²) in [4.78, 5) is 46.8. The minimum absolute atomic E-state index is 0.0449. The van der Waals surface area contributed by atoms with Gasteiger partial charge in [-0.15, -0.1) is 0 Å². The number of rotatable bonds is 10. The third-order valence-corrected chi connectivity index (χ3v) is 7.46. The molecule has 0 aromatic heterocycles. The van der Waals surface area contributed by atoms with Crippen molar-refractivity contribution in [3.63, 3.8) is 0 Å². The fourth-order valence-electron chi connectivity index (χ4n) is 3.78. The molecule has 4 aromatic carbocycles. The number of nitro benzene ring substituents is 2. The molecule has 13 nitrogen and oxygen atoms in total. The molecule has 0 saturated carbocycles. The number of nitrogens with zero attached hydrogens (tertiary/aromatic N) is 3. The van der Waals surface area contributed by atoms with E-state index in [1.54, 1.807) is 6.92 Å². The van der Waals surface area contributed by atoms with Gasteiger partial charge in [0, 0.05) is 29.8 Å². The van der Waals surface area contributed by atoms with E-state index in [1.807, 2.05) is 0 Å². The van der Waals surface area contributed by atoms with Crippen LogP contribution in [0.5, 0.6) is 11.5 Å². The van der Waals surface area contributed by atoms with E-state index in [-0.39, 0.29) is 33.1 Å². The Bertz CT molecular complexity index is 1770. The molecular weight excluding hydrogens is 570 g/mol. The van der Waals surface area contributed by atoms with E-state index in [0.717, 1.165) is 18.2 Å². The molecule has 0 aliphatic heterocycles. The number of carbonyl (C=O) groups is 2. The Labute approximate surface area is 238 Å². The molecule has 0 unspecified atom stereocenters. The van der Waals surface area contributed by atoms with Gasteiger partial charge in [-0.2, -0.15) is 4.31 Å². The number of hydrogen-bond acceptors (Lipinski definition) is 10. The zero-order chi connectivity index (χ0) is 30.4. The normalized spacial score (nSPS) is 10.9. The average molecular weight is 592 g/mol. The monoisotopic (exact) mass is 591 g/mol. The van der Waals surface area contributed by atoms with Crippen molar-refractivity contribution >= 4 is 39.0 Å². The largest absolute Gasteiger partial charge is 0.494 e. The minimum Gasteiger partial charge on any atom is -0.494 e. The van der Waals surface area contributed by atoms with E-state index >= 15 is 0 Å². The van der Waals surface area contributed by atoms with E-state index in [1.165, 1.54) is 78.9 Å². The fourth-order valence-corrected chi connectivity index (χ4v) is 5.19. The van der Waals surface area contributed by atoms with Crippen LogP contribution in [0.2, 0.25) is 0 Å². The first-order valence-corrected chi connectivity index (χ1v) is 13.6. The summed E-state index contributed by atoms with van der Waals surface area (Å²) in [6.45, 7) is 2.11. The predicted octanol–water partition coefficient (Wildman–Crippen LogP) is 5.16. The maximum Gasteiger partial charge on any atom is 0.343 e.